The van der Waals surface area contributed by atoms with Gasteiger partial charge in [0.1, 0.15) is 11.0 Å². The van der Waals surface area contributed by atoms with Gasteiger partial charge in [-0.1, -0.05) is 36.4 Å². The van der Waals surface area contributed by atoms with E-state index >= 15 is 0 Å². The van der Waals surface area contributed by atoms with Crippen molar-refractivity contribution in [2.45, 2.75) is 38.3 Å². The molecule has 0 spiro atoms. The molecule has 0 saturated carbocycles. The van der Waals surface area contributed by atoms with E-state index < -0.39 is 16.1 Å². The van der Waals surface area contributed by atoms with E-state index in [1.165, 1.54) is 27.4 Å². The average Bonchev–Trinajstić information content (AvgIpc) is 3.45. The molecule has 1 amide bonds. The Labute approximate surface area is 197 Å². The molecule has 0 bridgehead atoms. The van der Waals surface area contributed by atoms with Crippen LogP contribution >= 0.6 is 23.1 Å². The molecular formula is C23H25N3O3S3. The summed E-state index contributed by atoms with van der Waals surface area (Å²) in [7, 11) is -3.78. The number of aryl methyl sites for hydroxylation is 3. The molecule has 4 rings (SSSR count). The molecule has 0 unspecified atom stereocenters. The van der Waals surface area contributed by atoms with Gasteiger partial charge in [-0.05, 0) is 43.5 Å². The number of nitrogens with one attached hydrogen (secondary N) is 1. The molecule has 2 heterocycles. The Bertz CT molecular complexity index is 1240. The average molecular weight is 488 g/mol. The smallest absolute Gasteiger partial charge is 0.244 e. The zero-order valence-electron chi connectivity index (χ0n) is 18.2. The van der Waals surface area contributed by atoms with Crippen LogP contribution in [-0.2, 0) is 21.4 Å². The number of rotatable bonds is 6. The van der Waals surface area contributed by atoms with Gasteiger partial charge in [0, 0.05) is 16.7 Å². The molecule has 1 atom stereocenters. The largest absolute Gasteiger partial charge is 0.349 e. The zero-order valence-corrected chi connectivity index (χ0v) is 20.6. The van der Waals surface area contributed by atoms with Crippen LogP contribution in [0.2, 0.25) is 0 Å². The second-order valence-electron chi connectivity index (χ2n) is 7.84. The van der Waals surface area contributed by atoms with Gasteiger partial charge >= 0.3 is 0 Å². The summed E-state index contributed by atoms with van der Waals surface area (Å²) in [6, 6.07) is 12.7. The molecule has 6 nitrogen and oxygen atoms in total. The van der Waals surface area contributed by atoms with Crippen LogP contribution in [0.3, 0.4) is 0 Å². The molecule has 1 aliphatic heterocycles. The molecule has 32 heavy (non-hydrogen) atoms. The summed E-state index contributed by atoms with van der Waals surface area (Å²) in [6.07, 6.45) is 0. The van der Waals surface area contributed by atoms with Gasteiger partial charge in [0.05, 0.1) is 23.0 Å². The molecule has 1 aromatic heterocycles. The number of carbonyl (C=O) groups is 1. The van der Waals surface area contributed by atoms with Crippen LogP contribution in [0.15, 0.2) is 52.7 Å². The minimum atomic E-state index is -3.78. The van der Waals surface area contributed by atoms with E-state index in [1.807, 2.05) is 55.6 Å². The number of aromatic nitrogens is 1. The number of sulfonamides is 1. The lowest BCUT2D eigenvalue weighted by Crippen LogP contribution is -2.47. The highest BCUT2D eigenvalue weighted by molar-refractivity contribution is 8.00. The first kappa shape index (κ1) is 23.0. The summed E-state index contributed by atoms with van der Waals surface area (Å²) in [5.41, 5.74) is 4.44. The third kappa shape index (κ3) is 4.61. The van der Waals surface area contributed by atoms with Gasteiger partial charge in [-0.2, -0.15) is 4.31 Å². The molecule has 9 heteroatoms. The highest BCUT2D eigenvalue weighted by Gasteiger charge is 2.40. The predicted molar refractivity (Wildman–Crippen MR) is 130 cm³/mol. The normalized spacial score (nSPS) is 16.9. The number of thiazole rings is 1. The van der Waals surface area contributed by atoms with Crippen molar-refractivity contribution in [3.8, 4) is 10.6 Å². The Morgan fingerprint density at radius 1 is 1.12 bits per heavy atom. The fraction of sp³-hybridized carbons (Fsp3) is 0.304. The van der Waals surface area contributed by atoms with Gasteiger partial charge in [0.2, 0.25) is 15.9 Å². The van der Waals surface area contributed by atoms with Crippen LogP contribution in [0.1, 0.15) is 22.4 Å². The third-order valence-electron chi connectivity index (χ3n) is 5.54. The highest BCUT2D eigenvalue weighted by atomic mass is 32.2. The molecule has 3 aromatic rings. The van der Waals surface area contributed by atoms with Crippen LogP contribution in [0.4, 0.5) is 0 Å². The molecule has 0 radical (unpaired) electrons. The van der Waals surface area contributed by atoms with Crippen molar-refractivity contribution < 1.29 is 13.2 Å². The Morgan fingerprint density at radius 2 is 1.84 bits per heavy atom. The fourth-order valence-corrected chi connectivity index (χ4v) is 7.87. The Kier molecular flexibility index (Phi) is 6.71. The molecule has 1 fully saturated rings. The van der Waals surface area contributed by atoms with Crippen molar-refractivity contribution in [3.05, 3.63) is 70.2 Å². The van der Waals surface area contributed by atoms with Gasteiger partial charge in [-0.15, -0.1) is 23.1 Å². The quantitative estimate of drug-likeness (QED) is 0.566. The first-order chi connectivity index (χ1) is 15.3. The second-order valence-corrected chi connectivity index (χ2v) is 11.6. The topological polar surface area (TPSA) is 79.4 Å². The lowest BCUT2D eigenvalue weighted by atomic mass is 10.1. The third-order valence-corrected chi connectivity index (χ3v) is 9.65. The van der Waals surface area contributed by atoms with Crippen LogP contribution in [0.5, 0.6) is 0 Å². The lowest BCUT2D eigenvalue weighted by molar-refractivity contribution is -0.124. The zero-order chi connectivity index (χ0) is 22.9. The number of hydrogen-bond acceptors (Lipinski definition) is 6. The van der Waals surface area contributed by atoms with E-state index in [4.69, 9.17) is 0 Å². The number of hydrogen-bond donors (Lipinski definition) is 1. The van der Waals surface area contributed by atoms with E-state index in [0.29, 0.717) is 11.3 Å². The molecule has 1 N–H and O–H groups in total. The van der Waals surface area contributed by atoms with Crippen molar-refractivity contribution in [1.29, 1.82) is 0 Å². The van der Waals surface area contributed by atoms with Crippen LogP contribution in [-0.4, -0.2) is 41.3 Å². The maximum absolute atomic E-state index is 13.4. The number of carbonyl (C=O) groups excluding carboxylic acids is 1. The van der Waals surface area contributed by atoms with E-state index in [-0.39, 0.29) is 23.2 Å². The molecule has 1 saturated heterocycles. The lowest BCUT2D eigenvalue weighted by Gasteiger charge is -2.23. The number of benzene rings is 2. The summed E-state index contributed by atoms with van der Waals surface area (Å²) in [5, 5.41) is 5.69. The van der Waals surface area contributed by atoms with E-state index in [1.54, 1.807) is 13.0 Å². The fourth-order valence-electron chi connectivity index (χ4n) is 3.61. The number of nitrogens with zero attached hydrogens (tertiary/aromatic N) is 2. The van der Waals surface area contributed by atoms with Crippen molar-refractivity contribution in [2.24, 2.45) is 0 Å². The Hall–Kier alpha value is -2.20. The molecule has 2 aromatic carbocycles. The van der Waals surface area contributed by atoms with E-state index in [9.17, 15) is 13.2 Å². The van der Waals surface area contributed by atoms with Crippen molar-refractivity contribution >= 4 is 39.0 Å². The predicted octanol–water partition coefficient (Wildman–Crippen LogP) is 4.12. The molecular weight excluding hydrogens is 462 g/mol. The summed E-state index contributed by atoms with van der Waals surface area (Å²) in [6.45, 7) is 5.92. The standard InChI is InChI=1S/C23H25N3O3S3/c1-15-9-17(3)21(10-16(15)2)32(28,29)26-14-30-13-20(26)22(27)24-11-19-12-31-23(25-19)18-7-5-4-6-8-18/h4-10,12,20H,11,13-14H2,1-3H3,(H,24,27)/t20-/m1/s1. The van der Waals surface area contributed by atoms with Crippen LogP contribution in [0, 0.1) is 20.8 Å². The van der Waals surface area contributed by atoms with Gasteiger partial charge in [-0.3, -0.25) is 4.79 Å². The van der Waals surface area contributed by atoms with Gasteiger partial charge in [0.25, 0.3) is 0 Å². The van der Waals surface area contributed by atoms with Crippen molar-refractivity contribution in [1.82, 2.24) is 14.6 Å². The first-order valence-electron chi connectivity index (χ1n) is 10.2. The van der Waals surface area contributed by atoms with Gasteiger partial charge < -0.3 is 5.32 Å². The highest BCUT2D eigenvalue weighted by Crippen LogP contribution is 2.31. The van der Waals surface area contributed by atoms with Crippen molar-refractivity contribution in [3.63, 3.8) is 0 Å². The summed E-state index contributed by atoms with van der Waals surface area (Å²) in [5.74, 6) is 0.400. The van der Waals surface area contributed by atoms with Gasteiger partial charge in [-0.25, -0.2) is 13.4 Å². The molecule has 0 aliphatic carbocycles. The molecule has 168 valence electrons. The van der Waals surface area contributed by atoms with Gasteiger partial charge in [0.15, 0.2) is 0 Å². The maximum atomic E-state index is 13.4. The van der Waals surface area contributed by atoms with Crippen molar-refractivity contribution in [2.75, 3.05) is 11.6 Å². The monoisotopic (exact) mass is 487 g/mol. The van der Waals surface area contributed by atoms with Crippen LogP contribution < -0.4 is 5.32 Å². The maximum Gasteiger partial charge on any atom is 0.244 e. The SMILES string of the molecule is Cc1cc(C)c(S(=O)(=O)N2CSC[C@@H]2C(=O)NCc2csc(-c3ccccc3)n2)cc1C. The first-order valence-corrected chi connectivity index (χ1v) is 13.7. The Morgan fingerprint density at radius 3 is 2.59 bits per heavy atom. The van der Waals surface area contributed by atoms with E-state index in [0.717, 1.165) is 27.4 Å². The minimum absolute atomic E-state index is 0.264. The Balaban J connectivity index is 1.47. The summed E-state index contributed by atoms with van der Waals surface area (Å²) < 4.78 is 28.1. The number of amides is 1. The number of thioether (sulfide) groups is 1. The summed E-state index contributed by atoms with van der Waals surface area (Å²) in [4.78, 5) is 17.8. The summed E-state index contributed by atoms with van der Waals surface area (Å²) >= 11 is 2.97. The van der Waals surface area contributed by atoms with E-state index in [2.05, 4.69) is 10.3 Å². The minimum Gasteiger partial charge on any atom is -0.349 e. The second kappa shape index (κ2) is 9.35. The van der Waals surface area contributed by atoms with Crippen LogP contribution in [0.25, 0.3) is 10.6 Å². The molecule has 1 aliphatic rings.